The lowest BCUT2D eigenvalue weighted by Gasteiger charge is -2.10. The number of carbonyl (C=O) groups excluding carboxylic acids is 1. The first kappa shape index (κ1) is 19.2. The first-order chi connectivity index (χ1) is 13.5. The minimum atomic E-state index is -0.521. The van der Waals surface area contributed by atoms with Crippen molar-refractivity contribution in [2.24, 2.45) is 5.73 Å². The Bertz CT molecular complexity index is 953. The molecule has 3 rings (SSSR count). The van der Waals surface area contributed by atoms with Crippen LogP contribution in [0.2, 0.25) is 0 Å². The highest BCUT2D eigenvalue weighted by Crippen LogP contribution is 2.30. The third-order valence-corrected chi connectivity index (χ3v) is 4.11. The number of rotatable bonds is 7. The molecular weight excluding hydrogens is 362 g/mol. The van der Waals surface area contributed by atoms with Gasteiger partial charge in [-0.05, 0) is 36.2 Å². The van der Waals surface area contributed by atoms with Crippen LogP contribution in [-0.2, 0) is 6.42 Å². The fourth-order valence-electron chi connectivity index (χ4n) is 2.64. The fraction of sp³-hybridized carbons (Fsp3) is 0.200. The number of nitrogens with one attached hydrogen (secondary N) is 1. The van der Waals surface area contributed by atoms with E-state index in [0.717, 1.165) is 5.56 Å². The minimum absolute atomic E-state index is 0.117. The first-order valence-corrected chi connectivity index (χ1v) is 8.52. The van der Waals surface area contributed by atoms with Crippen LogP contribution in [0.15, 0.2) is 53.1 Å². The van der Waals surface area contributed by atoms with E-state index in [1.54, 1.807) is 42.5 Å². The Morgan fingerprint density at radius 1 is 1.18 bits per heavy atom. The van der Waals surface area contributed by atoms with Gasteiger partial charge in [0.25, 0.3) is 5.91 Å². The lowest BCUT2D eigenvalue weighted by Crippen LogP contribution is -2.16. The zero-order valence-electron chi connectivity index (χ0n) is 15.5. The van der Waals surface area contributed by atoms with Gasteiger partial charge >= 0.3 is 0 Å². The number of phenolic OH excluding ortho intramolecular Hbond substituents is 1. The van der Waals surface area contributed by atoms with Gasteiger partial charge in [-0.2, -0.15) is 0 Å². The number of nitrogens with two attached hydrogens (primary N) is 1. The smallest absolute Gasteiger partial charge is 0.277 e. The van der Waals surface area contributed by atoms with Gasteiger partial charge in [0.15, 0.2) is 17.2 Å². The fourth-order valence-corrected chi connectivity index (χ4v) is 2.64. The number of hydrogen-bond donors (Lipinski definition) is 3. The molecule has 0 saturated heterocycles. The van der Waals surface area contributed by atoms with Crippen LogP contribution in [0.4, 0.5) is 5.69 Å². The molecule has 0 aliphatic carbocycles. The molecule has 8 heteroatoms. The quantitative estimate of drug-likeness (QED) is 0.574. The molecule has 0 radical (unpaired) electrons. The molecular formula is C20H21N3O5. The standard InChI is InChI=1S/C20H21N3O5/c1-26-17-8-5-13(10-18(17)27-2)22-19(25)16-11-28-20(23-16)15(21)9-12-3-6-14(24)7-4-12/h3-8,10-11,15,24H,9,21H2,1-2H3,(H,22,25). The van der Waals surface area contributed by atoms with Crippen LogP contribution >= 0.6 is 0 Å². The normalized spacial score (nSPS) is 11.7. The summed E-state index contributed by atoms with van der Waals surface area (Å²) in [4.78, 5) is 16.6. The number of benzene rings is 2. The van der Waals surface area contributed by atoms with E-state index in [1.165, 1.54) is 20.5 Å². The Morgan fingerprint density at radius 2 is 1.89 bits per heavy atom. The van der Waals surface area contributed by atoms with Gasteiger partial charge in [-0.15, -0.1) is 0 Å². The highest BCUT2D eigenvalue weighted by Gasteiger charge is 2.18. The van der Waals surface area contributed by atoms with Crippen molar-refractivity contribution in [1.29, 1.82) is 0 Å². The summed E-state index contributed by atoms with van der Waals surface area (Å²) in [5, 5.41) is 12.1. The average molecular weight is 383 g/mol. The van der Waals surface area contributed by atoms with Crippen molar-refractivity contribution in [2.45, 2.75) is 12.5 Å². The number of phenols is 1. The molecule has 2 aromatic carbocycles. The Kier molecular flexibility index (Phi) is 5.81. The molecule has 28 heavy (non-hydrogen) atoms. The Labute approximate surface area is 161 Å². The van der Waals surface area contributed by atoms with Crippen molar-refractivity contribution in [3.05, 3.63) is 65.9 Å². The zero-order chi connectivity index (χ0) is 20.1. The highest BCUT2D eigenvalue weighted by atomic mass is 16.5. The Morgan fingerprint density at radius 3 is 2.57 bits per heavy atom. The van der Waals surface area contributed by atoms with Crippen molar-refractivity contribution in [3.8, 4) is 17.2 Å². The number of ether oxygens (including phenoxy) is 2. The number of aromatic hydroxyl groups is 1. The van der Waals surface area contributed by atoms with Gasteiger partial charge in [-0.25, -0.2) is 4.98 Å². The summed E-state index contributed by atoms with van der Waals surface area (Å²) in [5.41, 5.74) is 7.68. The molecule has 1 aromatic heterocycles. The van der Waals surface area contributed by atoms with Crippen molar-refractivity contribution >= 4 is 11.6 Å². The molecule has 1 atom stereocenters. The van der Waals surface area contributed by atoms with E-state index in [2.05, 4.69) is 10.3 Å². The zero-order valence-corrected chi connectivity index (χ0v) is 15.5. The molecule has 0 saturated carbocycles. The van der Waals surface area contributed by atoms with Gasteiger partial charge in [0, 0.05) is 11.8 Å². The summed E-state index contributed by atoms with van der Waals surface area (Å²) in [5.74, 6) is 1.06. The summed E-state index contributed by atoms with van der Waals surface area (Å²) in [6.45, 7) is 0. The summed E-state index contributed by atoms with van der Waals surface area (Å²) < 4.78 is 15.8. The van der Waals surface area contributed by atoms with Crippen molar-refractivity contribution < 1.29 is 23.8 Å². The van der Waals surface area contributed by atoms with Crippen molar-refractivity contribution in [2.75, 3.05) is 19.5 Å². The largest absolute Gasteiger partial charge is 0.508 e. The maximum Gasteiger partial charge on any atom is 0.277 e. The maximum absolute atomic E-state index is 12.4. The van der Waals surface area contributed by atoms with Crippen LogP contribution in [0.1, 0.15) is 28.0 Å². The molecule has 0 aliphatic rings. The van der Waals surface area contributed by atoms with Crippen molar-refractivity contribution in [1.82, 2.24) is 4.98 Å². The molecule has 1 unspecified atom stereocenters. The third kappa shape index (κ3) is 4.41. The van der Waals surface area contributed by atoms with Crippen LogP contribution in [0.5, 0.6) is 17.2 Å². The summed E-state index contributed by atoms with van der Waals surface area (Å²) in [6, 6.07) is 11.2. The van der Waals surface area contributed by atoms with Gasteiger partial charge in [0.2, 0.25) is 5.89 Å². The monoisotopic (exact) mass is 383 g/mol. The van der Waals surface area contributed by atoms with Gasteiger partial charge in [0.1, 0.15) is 12.0 Å². The maximum atomic E-state index is 12.4. The molecule has 146 valence electrons. The van der Waals surface area contributed by atoms with E-state index in [1.807, 2.05) is 0 Å². The third-order valence-electron chi connectivity index (χ3n) is 4.11. The highest BCUT2D eigenvalue weighted by molar-refractivity contribution is 6.02. The predicted molar refractivity (Wildman–Crippen MR) is 103 cm³/mol. The number of hydrogen-bond acceptors (Lipinski definition) is 7. The molecule has 1 heterocycles. The van der Waals surface area contributed by atoms with Gasteiger partial charge < -0.3 is 30.0 Å². The van der Waals surface area contributed by atoms with Gasteiger partial charge in [-0.1, -0.05) is 12.1 Å². The van der Waals surface area contributed by atoms with E-state index in [-0.39, 0.29) is 17.3 Å². The predicted octanol–water partition coefficient (Wildman–Crippen LogP) is 2.89. The Balaban J connectivity index is 1.67. The van der Waals surface area contributed by atoms with Crippen LogP contribution in [0.25, 0.3) is 0 Å². The number of amides is 1. The number of anilines is 1. The summed E-state index contributed by atoms with van der Waals surface area (Å²) in [7, 11) is 3.05. The van der Waals surface area contributed by atoms with E-state index < -0.39 is 11.9 Å². The Hall–Kier alpha value is -3.52. The molecule has 0 aliphatic heterocycles. The lowest BCUT2D eigenvalue weighted by molar-refractivity contribution is 0.102. The first-order valence-electron chi connectivity index (χ1n) is 8.52. The molecule has 0 spiro atoms. The van der Waals surface area contributed by atoms with E-state index in [9.17, 15) is 9.90 Å². The molecule has 8 nitrogen and oxygen atoms in total. The van der Waals surface area contributed by atoms with Crippen LogP contribution in [-0.4, -0.2) is 30.2 Å². The van der Waals surface area contributed by atoms with Gasteiger partial charge in [0.05, 0.1) is 20.3 Å². The van der Waals surface area contributed by atoms with Crippen LogP contribution in [0, 0.1) is 0 Å². The minimum Gasteiger partial charge on any atom is -0.508 e. The molecule has 3 aromatic rings. The SMILES string of the molecule is COc1ccc(NC(=O)c2coc(C(N)Cc3ccc(O)cc3)n2)cc1OC. The summed E-state index contributed by atoms with van der Waals surface area (Å²) in [6.07, 6.45) is 1.72. The summed E-state index contributed by atoms with van der Waals surface area (Å²) >= 11 is 0. The average Bonchev–Trinajstić information content (AvgIpc) is 3.20. The topological polar surface area (TPSA) is 120 Å². The molecule has 4 N–H and O–H groups in total. The van der Waals surface area contributed by atoms with E-state index in [0.29, 0.717) is 23.6 Å². The molecule has 0 fully saturated rings. The number of methoxy groups -OCH3 is 2. The second-order valence-electron chi connectivity index (χ2n) is 6.07. The van der Waals surface area contributed by atoms with E-state index in [4.69, 9.17) is 19.6 Å². The number of oxazole rings is 1. The lowest BCUT2D eigenvalue weighted by atomic mass is 10.1. The molecule has 0 bridgehead atoms. The van der Waals surface area contributed by atoms with Crippen LogP contribution in [0.3, 0.4) is 0 Å². The number of aromatic nitrogens is 1. The van der Waals surface area contributed by atoms with E-state index >= 15 is 0 Å². The van der Waals surface area contributed by atoms with Crippen molar-refractivity contribution in [3.63, 3.8) is 0 Å². The molecule has 1 amide bonds. The number of carbonyl (C=O) groups is 1. The second-order valence-corrected chi connectivity index (χ2v) is 6.07. The second kappa shape index (κ2) is 8.45. The number of nitrogens with zero attached hydrogens (tertiary/aromatic N) is 1. The van der Waals surface area contributed by atoms with Crippen LogP contribution < -0.4 is 20.5 Å². The van der Waals surface area contributed by atoms with Gasteiger partial charge in [-0.3, -0.25) is 4.79 Å².